The minimum absolute atomic E-state index is 0.115. The van der Waals surface area contributed by atoms with Crippen LogP contribution in [0.2, 0.25) is 0 Å². The van der Waals surface area contributed by atoms with E-state index >= 15 is 0 Å². The van der Waals surface area contributed by atoms with Crippen molar-refractivity contribution in [1.29, 1.82) is 0 Å². The number of carbonyl (C=O) groups is 2. The molecule has 0 aliphatic heterocycles. The predicted molar refractivity (Wildman–Crippen MR) is 92.0 cm³/mol. The first-order valence-corrected chi connectivity index (χ1v) is 7.91. The van der Waals surface area contributed by atoms with Crippen molar-refractivity contribution in [2.75, 3.05) is 6.54 Å². The molecular weight excluding hydrogens is 488 g/mol. The first kappa shape index (κ1) is 17.5. The number of aliphatic carboxylic acids is 1. The number of hydrogen-bond donors (Lipinski definition) is 2. The molecule has 0 aromatic heterocycles. The second kappa shape index (κ2) is 6.46. The molecule has 1 rings (SSSR count). The van der Waals surface area contributed by atoms with Crippen LogP contribution in [0.25, 0.3) is 0 Å². The van der Waals surface area contributed by atoms with Crippen molar-refractivity contribution in [1.82, 2.24) is 4.90 Å². The van der Waals surface area contributed by atoms with Gasteiger partial charge in [-0.15, -0.1) is 0 Å². The molecule has 0 atom stereocenters. The number of benzene rings is 1. The van der Waals surface area contributed by atoms with E-state index in [1.54, 1.807) is 32.9 Å². The van der Waals surface area contributed by atoms with Crippen molar-refractivity contribution < 1.29 is 19.8 Å². The topological polar surface area (TPSA) is 77.8 Å². The Balaban J connectivity index is 3.29. The zero-order valence-corrected chi connectivity index (χ0v) is 15.6. The maximum absolute atomic E-state index is 12.5. The smallest absolute Gasteiger partial charge is 0.323 e. The minimum atomic E-state index is -1.09. The average molecular weight is 503 g/mol. The van der Waals surface area contributed by atoms with E-state index in [2.05, 4.69) is 0 Å². The van der Waals surface area contributed by atoms with Crippen LogP contribution in [-0.4, -0.2) is 39.1 Å². The Labute approximate surface area is 144 Å². The van der Waals surface area contributed by atoms with E-state index in [9.17, 15) is 14.7 Å². The molecule has 1 aromatic carbocycles. The Morgan fingerprint density at radius 1 is 1.25 bits per heavy atom. The van der Waals surface area contributed by atoms with E-state index in [4.69, 9.17) is 5.11 Å². The lowest BCUT2D eigenvalue weighted by molar-refractivity contribution is -0.138. The fourth-order valence-electron chi connectivity index (χ4n) is 1.62. The van der Waals surface area contributed by atoms with Crippen molar-refractivity contribution in [3.05, 3.63) is 24.8 Å². The molecule has 20 heavy (non-hydrogen) atoms. The molecule has 7 heteroatoms. The summed E-state index contributed by atoms with van der Waals surface area (Å²) in [5, 5.41) is 19.0. The predicted octanol–water partition coefficient (Wildman–Crippen LogP) is 2.93. The van der Waals surface area contributed by atoms with E-state index in [0.717, 1.165) is 3.57 Å². The maximum atomic E-state index is 12.5. The number of phenolic OH excluding ortho intramolecular Hbond substituents is 1. The van der Waals surface area contributed by atoms with Crippen LogP contribution < -0.4 is 0 Å². The van der Waals surface area contributed by atoms with Crippen LogP contribution in [-0.2, 0) is 4.79 Å². The lowest BCUT2D eigenvalue weighted by Crippen LogP contribution is -2.48. The molecule has 0 fully saturated rings. The van der Waals surface area contributed by atoms with Gasteiger partial charge in [0.15, 0.2) is 0 Å². The Bertz CT molecular complexity index is 552. The minimum Gasteiger partial charge on any atom is -0.506 e. The summed E-state index contributed by atoms with van der Waals surface area (Å²) >= 11 is 3.98. The number of carbonyl (C=O) groups excluding carboxylic acids is 1. The Morgan fingerprint density at radius 3 is 2.25 bits per heavy atom. The molecule has 0 heterocycles. The van der Waals surface area contributed by atoms with Crippen molar-refractivity contribution in [3.8, 4) is 5.75 Å². The number of carboxylic acids is 1. The second-order valence-corrected chi connectivity index (χ2v) is 7.65. The third kappa shape index (κ3) is 4.21. The number of rotatable bonds is 3. The second-order valence-electron chi connectivity index (χ2n) is 5.24. The number of nitrogens with zero attached hydrogens (tertiary/aromatic N) is 1. The molecule has 0 radical (unpaired) electrons. The van der Waals surface area contributed by atoms with Gasteiger partial charge in [0.05, 0.1) is 9.13 Å². The Morgan fingerprint density at radius 2 is 1.80 bits per heavy atom. The van der Waals surface area contributed by atoms with Crippen LogP contribution in [0.5, 0.6) is 5.75 Å². The summed E-state index contributed by atoms with van der Waals surface area (Å²) < 4.78 is 1.36. The third-order valence-corrected chi connectivity index (χ3v) is 4.05. The van der Waals surface area contributed by atoms with Gasteiger partial charge in [-0.2, -0.15) is 0 Å². The standard InChI is InChI=1S/C13H15I2NO4/c1-13(2,3)16(6-10(17)18)12(20)8-4-7(14)5-9(15)11(8)19/h4-5,19H,6H2,1-3H3,(H,17,18). The molecular formula is C13H15I2NO4. The van der Waals surface area contributed by atoms with Gasteiger partial charge in [0.1, 0.15) is 12.3 Å². The van der Waals surface area contributed by atoms with Gasteiger partial charge in [0.2, 0.25) is 0 Å². The molecule has 110 valence electrons. The number of hydrogen-bond acceptors (Lipinski definition) is 3. The average Bonchev–Trinajstić information content (AvgIpc) is 2.28. The van der Waals surface area contributed by atoms with E-state index in [1.165, 1.54) is 4.90 Å². The maximum Gasteiger partial charge on any atom is 0.323 e. The number of amides is 1. The van der Waals surface area contributed by atoms with Crippen LogP contribution in [0.3, 0.4) is 0 Å². The zero-order valence-electron chi connectivity index (χ0n) is 11.3. The summed E-state index contributed by atoms with van der Waals surface area (Å²) in [6.07, 6.45) is 0. The highest BCUT2D eigenvalue weighted by Crippen LogP contribution is 2.29. The zero-order chi connectivity index (χ0) is 15.7. The van der Waals surface area contributed by atoms with Gasteiger partial charge >= 0.3 is 5.97 Å². The van der Waals surface area contributed by atoms with Gasteiger partial charge in [-0.1, -0.05) is 0 Å². The fourth-order valence-corrected chi connectivity index (χ4v) is 3.47. The van der Waals surface area contributed by atoms with Gasteiger partial charge in [-0.3, -0.25) is 9.59 Å². The van der Waals surface area contributed by atoms with Crippen LogP contribution in [0, 0.1) is 7.14 Å². The lowest BCUT2D eigenvalue weighted by atomic mass is 10.0. The summed E-state index contributed by atoms with van der Waals surface area (Å²) in [4.78, 5) is 24.7. The van der Waals surface area contributed by atoms with Gasteiger partial charge in [0.25, 0.3) is 5.91 Å². The molecule has 1 aromatic rings. The van der Waals surface area contributed by atoms with Gasteiger partial charge in [0, 0.05) is 9.11 Å². The highest BCUT2D eigenvalue weighted by atomic mass is 127. The first-order valence-electron chi connectivity index (χ1n) is 5.76. The SMILES string of the molecule is CC(C)(C)N(CC(=O)O)C(=O)c1cc(I)cc(I)c1O. The fraction of sp³-hybridized carbons (Fsp3) is 0.385. The van der Waals surface area contributed by atoms with E-state index < -0.39 is 24.0 Å². The molecule has 0 aliphatic rings. The number of carboxylic acid groups (broad SMARTS) is 1. The van der Waals surface area contributed by atoms with E-state index in [1.807, 2.05) is 45.2 Å². The van der Waals surface area contributed by atoms with E-state index in [-0.39, 0.29) is 11.3 Å². The highest BCUT2D eigenvalue weighted by Gasteiger charge is 2.31. The van der Waals surface area contributed by atoms with Gasteiger partial charge < -0.3 is 15.1 Å². The molecule has 2 N–H and O–H groups in total. The van der Waals surface area contributed by atoms with E-state index in [0.29, 0.717) is 3.57 Å². The summed E-state index contributed by atoms with van der Waals surface area (Å²) in [6.45, 7) is 4.85. The quantitative estimate of drug-likeness (QED) is 0.623. The Hall–Kier alpha value is -0.580. The molecule has 5 nitrogen and oxygen atoms in total. The molecule has 0 saturated heterocycles. The number of phenols is 1. The van der Waals surface area contributed by atoms with Crippen molar-refractivity contribution in [3.63, 3.8) is 0 Å². The highest BCUT2D eigenvalue weighted by molar-refractivity contribution is 14.1. The van der Waals surface area contributed by atoms with Crippen molar-refractivity contribution >= 4 is 57.1 Å². The molecule has 0 bridgehead atoms. The lowest BCUT2D eigenvalue weighted by Gasteiger charge is -2.34. The van der Waals surface area contributed by atoms with Crippen LogP contribution in [0.15, 0.2) is 12.1 Å². The van der Waals surface area contributed by atoms with Crippen LogP contribution in [0.1, 0.15) is 31.1 Å². The summed E-state index contributed by atoms with van der Waals surface area (Å²) in [5.74, 6) is -1.70. The first-order chi connectivity index (χ1) is 9.04. The molecule has 0 aliphatic carbocycles. The molecule has 0 saturated carbocycles. The van der Waals surface area contributed by atoms with Gasteiger partial charge in [-0.05, 0) is 78.1 Å². The summed E-state index contributed by atoms with van der Waals surface area (Å²) in [6, 6.07) is 3.30. The number of aromatic hydroxyl groups is 1. The van der Waals surface area contributed by atoms with Crippen molar-refractivity contribution in [2.45, 2.75) is 26.3 Å². The summed E-state index contributed by atoms with van der Waals surface area (Å²) in [5.41, 5.74) is -0.535. The molecule has 0 spiro atoms. The van der Waals surface area contributed by atoms with Crippen LogP contribution >= 0.6 is 45.2 Å². The Kier molecular flexibility index (Phi) is 5.64. The third-order valence-electron chi connectivity index (χ3n) is 2.61. The monoisotopic (exact) mass is 503 g/mol. The summed E-state index contributed by atoms with van der Waals surface area (Å²) in [7, 11) is 0. The van der Waals surface area contributed by atoms with Crippen LogP contribution in [0.4, 0.5) is 0 Å². The molecule has 1 amide bonds. The normalized spacial score (nSPS) is 11.2. The van der Waals surface area contributed by atoms with Crippen molar-refractivity contribution in [2.24, 2.45) is 0 Å². The van der Waals surface area contributed by atoms with Gasteiger partial charge in [-0.25, -0.2) is 0 Å². The number of halogens is 2. The molecule has 0 unspecified atom stereocenters. The largest absolute Gasteiger partial charge is 0.506 e.